The molecule has 1 amide bonds. The van der Waals surface area contributed by atoms with E-state index in [1.807, 2.05) is 31.2 Å². The van der Waals surface area contributed by atoms with Gasteiger partial charge in [-0.15, -0.1) is 0 Å². The molecule has 0 saturated carbocycles. The fraction of sp³-hybridized carbons (Fsp3) is 0.263. The Morgan fingerprint density at radius 2 is 1.81 bits per heavy atom. The minimum absolute atomic E-state index is 0.0942. The average Bonchev–Trinajstić information content (AvgIpc) is 2.64. The van der Waals surface area contributed by atoms with E-state index in [-0.39, 0.29) is 10.5 Å². The zero-order valence-electron chi connectivity index (χ0n) is 15.1. The Kier molecular flexibility index (Phi) is 6.65. The van der Waals surface area contributed by atoms with Crippen LogP contribution in [0.3, 0.4) is 0 Å². The monoisotopic (exact) mass is 373 g/mol. The van der Waals surface area contributed by atoms with Crippen LogP contribution in [-0.4, -0.2) is 37.9 Å². The number of hydrazone groups is 1. The van der Waals surface area contributed by atoms with E-state index in [4.69, 9.17) is 0 Å². The highest BCUT2D eigenvalue weighted by atomic mass is 32.2. The topological polar surface area (TPSA) is 78.8 Å². The third-order valence-electron chi connectivity index (χ3n) is 4.00. The van der Waals surface area contributed by atoms with Gasteiger partial charge in [-0.3, -0.25) is 4.79 Å². The smallest absolute Gasteiger partial charge is 0.267 e. The van der Waals surface area contributed by atoms with Crippen LogP contribution in [0.4, 0.5) is 0 Å². The van der Waals surface area contributed by atoms with Crippen LogP contribution in [0.2, 0.25) is 0 Å². The van der Waals surface area contributed by atoms with Gasteiger partial charge in [0.1, 0.15) is 0 Å². The van der Waals surface area contributed by atoms with Crippen molar-refractivity contribution in [1.29, 1.82) is 0 Å². The van der Waals surface area contributed by atoms with E-state index in [0.29, 0.717) is 13.1 Å². The van der Waals surface area contributed by atoms with Crippen LogP contribution in [-0.2, 0) is 10.0 Å². The van der Waals surface area contributed by atoms with E-state index in [1.54, 1.807) is 32.2 Å². The van der Waals surface area contributed by atoms with Gasteiger partial charge in [-0.2, -0.15) is 9.41 Å². The molecule has 0 atom stereocenters. The van der Waals surface area contributed by atoms with Crippen LogP contribution in [0.5, 0.6) is 0 Å². The molecule has 26 heavy (non-hydrogen) atoms. The summed E-state index contributed by atoms with van der Waals surface area (Å²) in [5.74, 6) is -0.466. The molecule has 0 aliphatic rings. The summed E-state index contributed by atoms with van der Waals surface area (Å²) in [6.07, 6.45) is 1.56. The number of hydrogen-bond acceptors (Lipinski definition) is 4. The number of carbonyl (C=O) groups excluding carboxylic acids is 1. The standard InChI is InChI=1S/C19H23N3O3S/c1-4-22(5-2)26(24,25)18-12-8-11-16(13-18)19(23)21-20-14-17-10-7-6-9-15(17)3/h6-14H,4-5H2,1-3H3,(H,21,23)/b20-14-. The molecule has 0 aliphatic heterocycles. The number of benzene rings is 2. The summed E-state index contributed by atoms with van der Waals surface area (Å²) in [5.41, 5.74) is 4.60. The van der Waals surface area contributed by atoms with Gasteiger partial charge in [0.15, 0.2) is 0 Å². The van der Waals surface area contributed by atoms with Crippen LogP contribution in [0.25, 0.3) is 0 Å². The van der Waals surface area contributed by atoms with E-state index in [1.165, 1.54) is 16.4 Å². The molecular weight excluding hydrogens is 350 g/mol. The molecule has 2 rings (SSSR count). The number of sulfonamides is 1. The van der Waals surface area contributed by atoms with E-state index in [2.05, 4.69) is 10.5 Å². The first-order valence-corrected chi connectivity index (χ1v) is 9.83. The summed E-state index contributed by atoms with van der Waals surface area (Å²) in [5, 5.41) is 3.95. The van der Waals surface area contributed by atoms with Gasteiger partial charge in [0.05, 0.1) is 11.1 Å². The highest BCUT2D eigenvalue weighted by molar-refractivity contribution is 7.89. The Balaban J connectivity index is 2.17. The van der Waals surface area contributed by atoms with Crippen molar-refractivity contribution in [3.8, 4) is 0 Å². The van der Waals surface area contributed by atoms with Gasteiger partial charge in [-0.25, -0.2) is 13.8 Å². The number of carbonyl (C=O) groups is 1. The second-order valence-corrected chi connectivity index (χ2v) is 7.61. The Morgan fingerprint density at radius 1 is 1.12 bits per heavy atom. The van der Waals surface area contributed by atoms with E-state index < -0.39 is 15.9 Å². The third kappa shape index (κ3) is 4.56. The van der Waals surface area contributed by atoms with Crippen molar-refractivity contribution >= 4 is 22.1 Å². The lowest BCUT2D eigenvalue weighted by Crippen LogP contribution is -2.30. The molecule has 0 spiro atoms. The Bertz CT molecular complexity index is 904. The van der Waals surface area contributed by atoms with Crippen LogP contribution < -0.4 is 5.43 Å². The van der Waals surface area contributed by atoms with Crippen LogP contribution in [0.1, 0.15) is 35.3 Å². The zero-order chi connectivity index (χ0) is 19.2. The number of amides is 1. The van der Waals surface area contributed by atoms with Gasteiger partial charge in [0, 0.05) is 18.7 Å². The molecule has 138 valence electrons. The van der Waals surface area contributed by atoms with E-state index in [0.717, 1.165) is 11.1 Å². The number of hydrogen-bond donors (Lipinski definition) is 1. The van der Waals surface area contributed by atoms with Gasteiger partial charge in [-0.1, -0.05) is 44.2 Å². The molecule has 7 heteroatoms. The molecule has 0 heterocycles. The van der Waals surface area contributed by atoms with E-state index in [9.17, 15) is 13.2 Å². The number of rotatable bonds is 7. The molecule has 0 bridgehead atoms. The van der Waals surface area contributed by atoms with Crippen LogP contribution >= 0.6 is 0 Å². The maximum Gasteiger partial charge on any atom is 0.271 e. The maximum absolute atomic E-state index is 12.6. The molecule has 1 N–H and O–H groups in total. The molecule has 2 aromatic rings. The first-order chi connectivity index (χ1) is 12.4. The molecular formula is C19H23N3O3S. The first kappa shape index (κ1) is 19.8. The second kappa shape index (κ2) is 8.73. The van der Waals surface area contributed by atoms with Gasteiger partial charge >= 0.3 is 0 Å². The van der Waals surface area contributed by atoms with Crippen molar-refractivity contribution in [2.75, 3.05) is 13.1 Å². The predicted octanol–water partition coefficient (Wildman–Crippen LogP) is 2.79. The van der Waals surface area contributed by atoms with Crippen molar-refractivity contribution in [2.45, 2.75) is 25.7 Å². The molecule has 0 aliphatic carbocycles. The Labute approximate surface area is 154 Å². The predicted molar refractivity (Wildman–Crippen MR) is 103 cm³/mol. The minimum Gasteiger partial charge on any atom is -0.267 e. The molecule has 2 aromatic carbocycles. The van der Waals surface area contributed by atoms with Crippen molar-refractivity contribution in [1.82, 2.24) is 9.73 Å². The zero-order valence-corrected chi connectivity index (χ0v) is 16.0. The summed E-state index contributed by atoms with van der Waals surface area (Å²) in [6, 6.07) is 13.6. The lowest BCUT2D eigenvalue weighted by molar-refractivity contribution is 0.0955. The van der Waals surface area contributed by atoms with Gasteiger partial charge in [0.25, 0.3) is 5.91 Å². The molecule has 0 aromatic heterocycles. The number of nitrogens with one attached hydrogen (secondary N) is 1. The molecule has 0 unspecified atom stereocenters. The third-order valence-corrected chi connectivity index (χ3v) is 6.04. The van der Waals surface area contributed by atoms with Crippen LogP contribution in [0, 0.1) is 6.92 Å². The Hall–Kier alpha value is -2.51. The fourth-order valence-corrected chi connectivity index (χ4v) is 3.97. The van der Waals surface area contributed by atoms with Crippen LogP contribution in [0.15, 0.2) is 58.5 Å². The summed E-state index contributed by atoms with van der Waals surface area (Å²) < 4.78 is 26.5. The lowest BCUT2D eigenvalue weighted by atomic mass is 10.1. The van der Waals surface area contributed by atoms with Gasteiger partial charge in [0.2, 0.25) is 10.0 Å². The summed E-state index contributed by atoms with van der Waals surface area (Å²) in [6.45, 7) is 6.24. The van der Waals surface area contributed by atoms with Crippen molar-refractivity contribution in [3.05, 3.63) is 65.2 Å². The normalized spacial score (nSPS) is 11.8. The lowest BCUT2D eigenvalue weighted by Gasteiger charge is -2.18. The highest BCUT2D eigenvalue weighted by Crippen LogP contribution is 2.17. The number of aryl methyl sites for hydroxylation is 1. The summed E-state index contributed by atoms with van der Waals surface area (Å²) >= 11 is 0. The SMILES string of the molecule is CCN(CC)S(=O)(=O)c1cccc(C(=O)N/N=C\c2ccccc2C)c1. The summed E-state index contributed by atoms with van der Waals surface area (Å²) in [4.78, 5) is 12.4. The summed E-state index contributed by atoms with van der Waals surface area (Å²) in [7, 11) is -3.61. The molecule has 6 nitrogen and oxygen atoms in total. The first-order valence-electron chi connectivity index (χ1n) is 8.39. The highest BCUT2D eigenvalue weighted by Gasteiger charge is 2.22. The average molecular weight is 373 g/mol. The molecule has 0 fully saturated rings. The van der Waals surface area contributed by atoms with Crippen molar-refractivity contribution in [3.63, 3.8) is 0 Å². The Morgan fingerprint density at radius 3 is 2.46 bits per heavy atom. The molecule has 0 saturated heterocycles. The molecule has 0 radical (unpaired) electrons. The second-order valence-electron chi connectivity index (χ2n) is 5.67. The quantitative estimate of drug-likeness (QED) is 0.599. The van der Waals surface area contributed by atoms with Gasteiger partial charge < -0.3 is 0 Å². The minimum atomic E-state index is -3.61. The van der Waals surface area contributed by atoms with Gasteiger partial charge in [-0.05, 0) is 36.2 Å². The fourth-order valence-electron chi connectivity index (χ4n) is 2.47. The maximum atomic E-state index is 12.6. The largest absolute Gasteiger partial charge is 0.271 e. The van der Waals surface area contributed by atoms with Crippen molar-refractivity contribution < 1.29 is 13.2 Å². The van der Waals surface area contributed by atoms with Crippen molar-refractivity contribution in [2.24, 2.45) is 5.10 Å². The van der Waals surface area contributed by atoms with E-state index >= 15 is 0 Å². The number of nitrogens with zero attached hydrogens (tertiary/aromatic N) is 2.